The van der Waals surface area contributed by atoms with Crippen molar-refractivity contribution >= 4 is 29.3 Å². The number of nitrogens with zero attached hydrogens (tertiary/aromatic N) is 5. The molecule has 1 atom stereocenters. The summed E-state index contributed by atoms with van der Waals surface area (Å²) < 4.78 is 6.65. The summed E-state index contributed by atoms with van der Waals surface area (Å²) in [5, 5.41) is 13.1. The third kappa shape index (κ3) is 3.98. The van der Waals surface area contributed by atoms with Gasteiger partial charge in [-0.2, -0.15) is 0 Å². The fourth-order valence-electron chi connectivity index (χ4n) is 4.22. The highest BCUT2D eigenvalue weighted by Crippen LogP contribution is 2.29. The lowest BCUT2D eigenvalue weighted by Gasteiger charge is -2.29. The van der Waals surface area contributed by atoms with Crippen molar-refractivity contribution in [2.75, 3.05) is 12.4 Å². The first-order chi connectivity index (χ1) is 16.9. The predicted octanol–water partition coefficient (Wildman–Crippen LogP) is 0.993. The highest BCUT2D eigenvalue weighted by atomic mass is 16.5. The number of pyridine rings is 1. The normalized spacial score (nSPS) is 17.3. The van der Waals surface area contributed by atoms with Crippen LogP contribution in [0.2, 0.25) is 0 Å². The van der Waals surface area contributed by atoms with E-state index in [1.807, 2.05) is 6.92 Å². The van der Waals surface area contributed by atoms with Gasteiger partial charge in [-0.1, -0.05) is 5.21 Å². The molecular weight excluding hydrogens is 454 g/mol. The minimum Gasteiger partial charge on any atom is -0.480 e. The van der Waals surface area contributed by atoms with Crippen LogP contribution in [0.4, 0.5) is 5.69 Å². The number of hydrogen-bond donors (Lipinski definition) is 2. The molecule has 0 bridgehead atoms. The Morgan fingerprint density at radius 2 is 2.06 bits per heavy atom. The van der Waals surface area contributed by atoms with Crippen LogP contribution in [0.25, 0.3) is 5.69 Å². The van der Waals surface area contributed by atoms with Crippen molar-refractivity contribution in [3.63, 3.8) is 0 Å². The highest BCUT2D eigenvalue weighted by Gasteiger charge is 2.39. The van der Waals surface area contributed by atoms with Crippen LogP contribution in [0.3, 0.4) is 0 Å². The topological polar surface area (TPSA) is 148 Å². The Balaban J connectivity index is 1.34. The molecule has 1 aromatic carbocycles. The molecule has 178 valence electrons. The van der Waals surface area contributed by atoms with Crippen LogP contribution in [-0.4, -0.2) is 61.7 Å². The number of aryl methyl sites for hydroxylation is 1. The van der Waals surface area contributed by atoms with Crippen LogP contribution in [0.1, 0.15) is 44.8 Å². The number of carbonyl (C=O) groups is 4. The quantitative estimate of drug-likeness (QED) is 0.519. The lowest BCUT2D eigenvalue weighted by atomic mass is 10.0. The molecule has 2 N–H and O–H groups in total. The van der Waals surface area contributed by atoms with Gasteiger partial charge < -0.3 is 15.0 Å². The zero-order chi connectivity index (χ0) is 24.7. The van der Waals surface area contributed by atoms with Crippen molar-refractivity contribution in [2.24, 2.45) is 0 Å². The van der Waals surface area contributed by atoms with Gasteiger partial charge in [-0.15, -0.1) is 5.10 Å². The van der Waals surface area contributed by atoms with Gasteiger partial charge >= 0.3 is 0 Å². The highest BCUT2D eigenvalue weighted by molar-refractivity contribution is 6.05. The lowest BCUT2D eigenvalue weighted by molar-refractivity contribution is -0.136. The molecule has 3 aromatic rings. The van der Waals surface area contributed by atoms with Gasteiger partial charge in [0.2, 0.25) is 17.7 Å². The van der Waals surface area contributed by atoms with Gasteiger partial charge in [-0.3, -0.25) is 24.5 Å². The molecular formula is C23H21N7O5. The smallest absolute Gasteiger partial charge is 0.278 e. The minimum absolute atomic E-state index is 0.0806. The van der Waals surface area contributed by atoms with Crippen molar-refractivity contribution < 1.29 is 23.9 Å². The molecule has 2 aliphatic heterocycles. The number of benzene rings is 1. The van der Waals surface area contributed by atoms with Gasteiger partial charge in [-0.05, 0) is 48.7 Å². The number of fused-ring (bicyclic) bond motifs is 1. The van der Waals surface area contributed by atoms with E-state index in [0.717, 1.165) is 11.1 Å². The molecule has 0 aliphatic carbocycles. The molecule has 0 radical (unpaired) electrons. The van der Waals surface area contributed by atoms with Gasteiger partial charge in [0.15, 0.2) is 5.69 Å². The van der Waals surface area contributed by atoms with Gasteiger partial charge in [0.25, 0.3) is 11.8 Å². The molecule has 12 nitrogen and oxygen atoms in total. The summed E-state index contributed by atoms with van der Waals surface area (Å²) in [7, 11) is 1.47. The fourth-order valence-corrected chi connectivity index (χ4v) is 4.22. The summed E-state index contributed by atoms with van der Waals surface area (Å²) in [4.78, 5) is 54.9. The molecule has 12 heteroatoms. The second kappa shape index (κ2) is 8.63. The number of amides is 4. The summed E-state index contributed by atoms with van der Waals surface area (Å²) >= 11 is 0. The van der Waals surface area contributed by atoms with E-state index in [2.05, 4.69) is 25.9 Å². The first-order valence-electron chi connectivity index (χ1n) is 10.9. The van der Waals surface area contributed by atoms with E-state index in [0.29, 0.717) is 23.4 Å². The Morgan fingerprint density at radius 1 is 1.23 bits per heavy atom. The molecule has 1 fully saturated rings. The molecule has 1 saturated heterocycles. The first-order valence-corrected chi connectivity index (χ1v) is 10.9. The molecule has 4 heterocycles. The van der Waals surface area contributed by atoms with Crippen LogP contribution in [0, 0.1) is 6.92 Å². The molecule has 5 rings (SSSR count). The molecule has 2 aliphatic rings. The summed E-state index contributed by atoms with van der Waals surface area (Å²) in [5.41, 5.74) is 3.10. The Hall–Kier alpha value is -4.61. The van der Waals surface area contributed by atoms with Crippen molar-refractivity contribution in [3.05, 3.63) is 59.0 Å². The van der Waals surface area contributed by atoms with Crippen LogP contribution >= 0.6 is 0 Å². The standard InChI is InChI=1S/C23H21N7O5/c1-12-7-8-24-22(35-2)19(12)26-20(32)16-11-30(28-27-16)14-3-4-15-13(9-14)10-29(23(15)34)17-5-6-18(31)25-21(17)33/h3-4,7-9,11,17H,5-6,10H2,1-2H3,(H,26,32)(H,25,31,33). The number of hydrogen-bond acceptors (Lipinski definition) is 8. The number of methoxy groups -OCH3 is 1. The van der Waals surface area contributed by atoms with E-state index in [1.165, 1.54) is 22.9 Å². The largest absolute Gasteiger partial charge is 0.480 e. The number of imide groups is 1. The molecule has 0 spiro atoms. The number of ether oxygens (including phenoxy) is 1. The summed E-state index contributed by atoms with van der Waals surface area (Å²) in [6.07, 6.45) is 3.54. The molecule has 1 unspecified atom stereocenters. The average Bonchev–Trinajstić information content (AvgIpc) is 3.46. The van der Waals surface area contributed by atoms with Crippen molar-refractivity contribution in [1.82, 2.24) is 30.2 Å². The number of aromatic nitrogens is 4. The predicted molar refractivity (Wildman–Crippen MR) is 121 cm³/mol. The van der Waals surface area contributed by atoms with Gasteiger partial charge in [0.1, 0.15) is 11.7 Å². The van der Waals surface area contributed by atoms with Crippen LogP contribution in [-0.2, 0) is 16.1 Å². The monoisotopic (exact) mass is 475 g/mol. The van der Waals surface area contributed by atoms with E-state index in [-0.39, 0.29) is 36.4 Å². The zero-order valence-corrected chi connectivity index (χ0v) is 18.9. The minimum atomic E-state index is -0.689. The van der Waals surface area contributed by atoms with E-state index in [9.17, 15) is 19.2 Å². The number of nitrogens with one attached hydrogen (secondary N) is 2. The average molecular weight is 475 g/mol. The van der Waals surface area contributed by atoms with Crippen molar-refractivity contribution in [3.8, 4) is 11.6 Å². The lowest BCUT2D eigenvalue weighted by Crippen LogP contribution is -2.52. The van der Waals surface area contributed by atoms with E-state index in [1.54, 1.807) is 30.5 Å². The van der Waals surface area contributed by atoms with Crippen LogP contribution in [0.5, 0.6) is 5.88 Å². The van der Waals surface area contributed by atoms with Gasteiger partial charge in [0, 0.05) is 24.7 Å². The maximum Gasteiger partial charge on any atom is 0.278 e. The number of piperidine rings is 1. The zero-order valence-electron chi connectivity index (χ0n) is 18.9. The Labute approximate surface area is 199 Å². The number of anilines is 1. The summed E-state index contributed by atoms with van der Waals surface area (Å²) in [5.74, 6) is -1.25. The van der Waals surface area contributed by atoms with Crippen molar-refractivity contribution in [1.29, 1.82) is 0 Å². The fraction of sp³-hybridized carbons (Fsp3) is 0.261. The second-order valence-corrected chi connectivity index (χ2v) is 8.26. The number of rotatable bonds is 5. The maximum atomic E-state index is 12.9. The van der Waals surface area contributed by atoms with Crippen molar-refractivity contribution in [2.45, 2.75) is 32.4 Å². The molecule has 35 heavy (non-hydrogen) atoms. The van der Waals surface area contributed by atoms with Gasteiger partial charge in [0.05, 0.1) is 19.0 Å². The Bertz CT molecular complexity index is 1380. The summed E-state index contributed by atoms with van der Waals surface area (Å²) in [6.45, 7) is 2.05. The SMILES string of the molecule is COc1nccc(C)c1NC(=O)c1cn(-c2ccc3c(c2)CN(C2CCC(=O)NC2=O)C3=O)nn1. The Kier molecular flexibility index (Phi) is 5.47. The molecule has 4 amide bonds. The first kappa shape index (κ1) is 22.2. The van der Waals surface area contributed by atoms with E-state index >= 15 is 0 Å². The number of carbonyl (C=O) groups excluding carboxylic acids is 4. The third-order valence-electron chi connectivity index (χ3n) is 6.05. The molecule has 2 aromatic heterocycles. The Morgan fingerprint density at radius 3 is 2.83 bits per heavy atom. The van der Waals surface area contributed by atoms with E-state index in [4.69, 9.17) is 4.74 Å². The van der Waals surface area contributed by atoms with E-state index < -0.39 is 17.9 Å². The van der Waals surface area contributed by atoms with Crippen LogP contribution < -0.4 is 15.4 Å². The van der Waals surface area contributed by atoms with Gasteiger partial charge in [-0.25, -0.2) is 9.67 Å². The van der Waals surface area contributed by atoms with Crippen LogP contribution in [0.15, 0.2) is 36.7 Å². The summed E-state index contributed by atoms with van der Waals surface area (Å²) in [6, 6.07) is 6.17. The molecule has 0 saturated carbocycles. The third-order valence-corrected chi connectivity index (χ3v) is 6.05. The second-order valence-electron chi connectivity index (χ2n) is 8.26. The maximum absolute atomic E-state index is 12.9.